The van der Waals surface area contributed by atoms with Crippen LogP contribution in [0.25, 0.3) is 0 Å². The summed E-state index contributed by atoms with van der Waals surface area (Å²) in [6.45, 7) is 0. The summed E-state index contributed by atoms with van der Waals surface area (Å²) < 4.78 is 23.9. The molecule has 0 saturated carbocycles. The molecule has 2 rings (SSSR count). The van der Waals surface area contributed by atoms with Crippen LogP contribution in [0.15, 0.2) is 65.6 Å². The van der Waals surface area contributed by atoms with Gasteiger partial charge in [-0.2, -0.15) is 0 Å². The molecule has 88 valence electrons. The van der Waals surface area contributed by atoms with Crippen molar-refractivity contribution in [3.8, 4) is 0 Å². The largest absolute Gasteiger partial charge is 0.571 e. The van der Waals surface area contributed by atoms with E-state index < -0.39 is 20.4 Å². The molecule has 0 saturated heterocycles. The van der Waals surface area contributed by atoms with Crippen LogP contribution in [-0.2, 0) is 26.2 Å². The Morgan fingerprint density at radius 3 is 1.88 bits per heavy atom. The van der Waals surface area contributed by atoms with E-state index in [1.165, 1.54) is 0 Å². The summed E-state index contributed by atoms with van der Waals surface area (Å²) in [5.41, 5.74) is 0.940. The van der Waals surface area contributed by atoms with Crippen LogP contribution in [0.1, 0.15) is 5.56 Å². The molecule has 2 unspecified atom stereocenters. The molecule has 2 aromatic rings. The fraction of sp³-hybridized carbons (Fsp3) is 0.0769. The first-order valence-corrected chi connectivity index (χ1v) is 8.15. The molecule has 0 aliphatic heterocycles. The van der Waals surface area contributed by atoms with Crippen LogP contribution in [0.5, 0.6) is 0 Å². The van der Waals surface area contributed by atoms with Crippen LogP contribution < -0.4 is 0 Å². The van der Waals surface area contributed by atoms with Gasteiger partial charge in [-0.05, 0) is 12.1 Å². The lowest BCUT2D eigenvalue weighted by atomic mass is 10.2. The molecule has 0 spiro atoms. The maximum absolute atomic E-state index is 12.0. The third kappa shape index (κ3) is 3.51. The van der Waals surface area contributed by atoms with Crippen LogP contribution in [0.2, 0.25) is 0 Å². The summed E-state index contributed by atoms with van der Waals surface area (Å²) in [5, 5.41) is 0. The van der Waals surface area contributed by atoms with Gasteiger partial charge in [-0.1, -0.05) is 48.5 Å². The van der Waals surface area contributed by atoms with E-state index in [2.05, 4.69) is 0 Å². The van der Waals surface area contributed by atoms with Crippen molar-refractivity contribution in [2.75, 3.05) is 0 Å². The monoisotopic (exact) mass is 264 g/mol. The molecule has 2 atom stereocenters. The molecule has 0 bridgehead atoms. The second-order valence-electron chi connectivity index (χ2n) is 3.48. The maximum atomic E-state index is 12.0. The number of benzene rings is 2. The van der Waals surface area contributed by atoms with Gasteiger partial charge in [0.1, 0.15) is 0 Å². The van der Waals surface area contributed by atoms with Gasteiger partial charge < -0.3 is 9.11 Å². The van der Waals surface area contributed by atoms with Crippen LogP contribution in [0.4, 0.5) is 0 Å². The molecule has 0 N–H and O–H groups in total. The summed E-state index contributed by atoms with van der Waals surface area (Å²) in [5.74, 6) is 0.322. The minimum atomic E-state index is -1.46. The van der Waals surface area contributed by atoms with Crippen molar-refractivity contribution in [3.05, 3.63) is 66.2 Å². The van der Waals surface area contributed by atoms with Gasteiger partial charge in [0.15, 0.2) is 16.0 Å². The standard InChI is InChI=1S/C13H12O2S2/c14-16(11-12-7-3-1-4-8-12)17(15)13-9-5-2-6-10-13/h1-10H,11H2. The Kier molecular flexibility index (Phi) is 4.50. The number of rotatable bonds is 4. The van der Waals surface area contributed by atoms with E-state index in [0.717, 1.165) is 5.56 Å². The predicted octanol–water partition coefficient (Wildman–Crippen LogP) is 2.66. The topological polar surface area (TPSA) is 46.1 Å². The van der Waals surface area contributed by atoms with E-state index >= 15 is 0 Å². The van der Waals surface area contributed by atoms with Crippen LogP contribution in [-0.4, -0.2) is 9.11 Å². The van der Waals surface area contributed by atoms with Gasteiger partial charge in [-0.25, -0.2) is 0 Å². The highest BCUT2D eigenvalue weighted by molar-refractivity contribution is 8.66. The molecule has 0 aliphatic rings. The molecule has 0 heterocycles. The van der Waals surface area contributed by atoms with Crippen LogP contribution in [0.3, 0.4) is 0 Å². The average molecular weight is 264 g/mol. The number of hydrogen-bond donors (Lipinski definition) is 0. The van der Waals surface area contributed by atoms with E-state index in [4.69, 9.17) is 0 Å². The van der Waals surface area contributed by atoms with Gasteiger partial charge in [0.25, 0.3) is 0 Å². The maximum Gasteiger partial charge on any atom is 0.210 e. The third-order valence-electron chi connectivity index (χ3n) is 2.23. The molecule has 2 nitrogen and oxygen atoms in total. The highest BCUT2D eigenvalue weighted by Crippen LogP contribution is 2.20. The van der Waals surface area contributed by atoms with Gasteiger partial charge in [-0.3, -0.25) is 0 Å². The van der Waals surface area contributed by atoms with Gasteiger partial charge in [-0.15, -0.1) is 0 Å². The molecule has 0 radical (unpaired) electrons. The van der Waals surface area contributed by atoms with Gasteiger partial charge in [0.2, 0.25) is 15.1 Å². The molecule has 0 aliphatic carbocycles. The van der Waals surface area contributed by atoms with E-state index in [1.54, 1.807) is 24.3 Å². The molecule has 0 fully saturated rings. The first kappa shape index (κ1) is 12.5. The molecule has 2 aromatic carbocycles. The summed E-state index contributed by atoms with van der Waals surface area (Å²) in [6.07, 6.45) is 0. The lowest BCUT2D eigenvalue weighted by Crippen LogP contribution is -2.17. The Morgan fingerprint density at radius 1 is 0.765 bits per heavy atom. The second-order valence-corrected chi connectivity index (χ2v) is 7.34. The average Bonchev–Trinajstić information content (AvgIpc) is 2.40. The second kappa shape index (κ2) is 6.12. The molecular formula is C13H12O2S2. The van der Waals surface area contributed by atoms with Crippen molar-refractivity contribution in [3.63, 3.8) is 0 Å². The first-order chi connectivity index (χ1) is 8.27. The normalized spacial score (nSPS) is 14.2. The third-order valence-corrected chi connectivity index (χ3v) is 5.74. The van der Waals surface area contributed by atoms with Crippen molar-refractivity contribution in [1.29, 1.82) is 0 Å². The van der Waals surface area contributed by atoms with Crippen molar-refractivity contribution >= 4 is 20.4 Å². The van der Waals surface area contributed by atoms with Crippen molar-refractivity contribution < 1.29 is 9.11 Å². The zero-order valence-electron chi connectivity index (χ0n) is 9.11. The molecular weight excluding hydrogens is 252 g/mol. The SMILES string of the molecule is [O-][S+](Cc1ccccc1)[S+]([O-])c1ccccc1. The molecule has 0 aromatic heterocycles. The van der Waals surface area contributed by atoms with Crippen molar-refractivity contribution in [1.82, 2.24) is 0 Å². The van der Waals surface area contributed by atoms with Crippen LogP contribution in [0, 0.1) is 0 Å². The summed E-state index contributed by atoms with van der Waals surface area (Å²) in [7, 11) is -2.85. The fourth-order valence-corrected chi connectivity index (χ4v) is 4.28. The Balaban J connectivity index is 2.03. The lowest BCUT2D eigenvalue weighted by molar-refractivity contribution is 0.582. The highest BCUT2D eigenvalue weighted by Gasteiger charge is 2.27. The van der Waals surface area contributed by atoms with Crippen LogP contribution >= 0.6 is 0 Å². The van der Waals surface area contributed by atoms with Gasteiger partial charge in [0, 0.05) is 5.56 Å². The summed E-state index contributed by atoms with van der Waals surface area (Å²) in [6, 6.07) is 18.4. The fourth-order valence-electron chi connectivity index (χ4n) is 1.40. The van der Waals surface area contributed by atoms with Gasteiger partial charge in [0.05, 0.1) is 0 Å². The zero-order chi connectivity index (χ0) is 12.1. The molecule has 4 heteroatoms. The highest BCUT2D eigenvalue weighted by atomic mass is 33.2. The summed E-state index contributed by atoms with van der Waals surface area (Å²) in [4.78, 5) is 0.613. The van der Waals surface area contributed by atoms with E-state index in [9.17, 15) is 9.11 Å². The van der Waals surface area contributed by atoms with Gasteiger partial charge >= 0.3 is 0 Å². The summed E-state index contributed by atoms with van der Waals surface area (Å²) >= 11 is 0. The first-order valence-electron chi connectivity index (χ1n) is 5.17. The predicted molar refractivity (Wildman–Crippen MR) is 71.1 cm³/mol. The molecule has 17 heavy (non-hydrogen) atoms. The zero-order valence-corrected chi connectivity index (χ0v) is 10.7. The Hall–Kier alpha value is -0.940. The minimum Gasteiger partial charge on any atom is -0.571 e. The van der Waals surface area contributed by atoms with E-state index in [0.29, 0.717) is 10.6 Å². The number of hydrogen-bond acceptors (Lipinski definition) is 2. The molecule has 0 amide bonds. The van der Waals surface area contributed by atoms with E-state index in [1.807, 2.05) is 36.4 Å². The lowest BCUT2D eigenvalue weighted by Gasteiger charge is -2.11. The van der Waals surface area contributed by atoms with Crippen molar-refractivity contribution in [2.24, 2.45) is 0 Å². The smallest absolute Gasteiger partial charge is 0.210 e. The Labute approximate surface area is 106 Å². The quantitative estimate of drug-likeness (QED) is 0.629. The minimum absolute atomic E-state index is 0.322. The van der Waals surface area contributed by atoms with Crippen molar-refractivity contribution in [2.45, 2.75) is 10.6 Å². The Morgan fingerprint density at radius 2 is 1.29 bits per heavy atom. The van der Waals surface area contributed by atoms with E-state index in [-0.39, 0.29) is 0 Å². The Bertz CT molecular complexity index is 447.